The van der Waals surface area contributed by atoms with Crippen LogP contribution in [-0.2, 0) is 13.2 Å². The standard InChI is InChI=1S/C17H15F4N3O3/c1-3-4-5-27-12-7-10(11(18)6-9(12)8-22)13-14(17(19,20)21)24(2)16(26)23-15(13)25/h6-7H,3-5H2,1-2H3,(H,23,25,26). The number of benzene rings is 1. The summed E-state index contributed by atoms with van der Waals surface area (Å²) in [5.41, 5.74) is -6.28. The molecule has 10 heteroatoms. The van der Waals surface area contributed by atoms with Gasteiger partial charge < -0.3 is 4.74 Å². The highest BCUT2D eigenvalue weighted by atomic mass is 19.4. The first-order valence-electron chi connectivity index (χ1n) is 7.89. The molecule has 2 aromatic rings. The monoisotopic (exact) mass is 385 g/mol. The highest BCUT2D eigenvalue weighted by Gasteiger charge is 2.39. The fraction of sp³-hybridized carbons (Fsp3) is 0.353. The van der Waals surface area contributed by atoms with Crippen LogP contribution in [0.1, 0.15) is 31.0 Å². The van der Waals surface area contributed by atoms with E-state index in [9.17, 15) is 27.2 Å². The van der Waals surface area contributed by atoms with E-state index in [2.05, 4.69) is 0 Å². The number of H-pyrrole nitrogens is 1. The lowest BCUT2D eigenvalue weighted by Gasteiger charge is -2.17. The summed E-state index contributed by atoms with van der Waals surface area (Å²) in [4.78, 5) is 25.4. The molecule has 0 spiro atoms. The van der Waals surface area contributed by atoms with Gasteiger partial charge in [0.2, 0.25) is 0 Å². The third-order valence-corrected chi connectivity index (χ3v) is 3.81. The third kappa shape index (κ3) is 4.02. The van der Waals surface area contributed by atoms with E-state index in [0.717, 1.165) is 19.5 Å². The summed E-state index contributed by atoms with van der Waals surface area (Å²) in [5.74, 6) is -1.37. The third-order valence-electron chi connectivity index (χ3n) is 3.81. The number of halogens is 4. The first kappa shape index (κ1) is 20.2. The van der Waals surface area contributed by atoms with Crippen LogP contribution < -0.4 is 16.0 Å². The van der Waals surface area contributed by atoms with Gasteiger partial charge in [0.05, 0.1) is 17.7 Å². The summed E-state index contributed by atoms with van der Waals surface area (Å²) in [6.45, 7) is 2.04. The molecule has 1 aromatic carbocycles. The zero-order valence-electron chi connectivity index (χ0n) is 14.4. The minimum absolute atomic E-state index is 0.149. The zero-order valence-corrected chi connectivity index (χ0v) is 14.4. The van der Waals surface area contributed by atoms with Gasteiger partial charge in [0.15, 0.2) is 0 Å². The largest absolute Gasteiger partial charge is 0.492 e. The van der Waals surface area contributed by atoms with Crippen molar-refractivity contribution >= 4 is 0 Å². The Bertz CT molecular complexity index is 1020. The van der Waals surface area contributed by atoms with Gasteiger partial charge in [0.1, 0.15) is 23.3 Å². The van der Waals surface area contributed by atoms with Crippen molar-refractivity contribution in [2.24, 2.45) is 7.05 Å². The van der Waals surface area contributed by atoms with Crippen molar-refractivity contribution in [3.8, 4) is 22.9 Å². The molecular formula is C17H15F4N3O3. The summed E-state index contributed by atoms with van der Waals surface area (Å²) < 4.78 is 60.4. The normalized spacial score (nSPS) is 11.3. The lowest BCUT2D eigenvalue weighted by Crippen LogP contribution is -2.35. The number of alkyl halides is 3. The average molecular weight is 385 g/mol. The maximum atomic E-state index is 14.5. The number of unbranched alkanes of at least 4 members (excludes halogenated alkanes) is 1. The van der Waals surface area contributed by atoms with Crippen molar-refractivity contribution in [2.75, 3.05) is 6.61 Å². The van der Waals surface area contributed by atoms with Crippen LogP contribution in [0.15, 0.2) is 21.7 Å². The van der Waals surface area contributed by atoms with Gasteiger partial charge in [0.25, 0.3) is 5.56 Å². The Hall–Kier alpha value is -3.09. The van der Waals surface area contributed by atoms with E-state index in [1.807, 2.05) is 6.92 Å². The topological polar surface area (TPSA) is 87.9 Å². The lowest BCUT2D eigenvalue weighted by molar-refractivity contribution is -0.143. The minimum Gasteiger partial charge on any atom is -0.492 e. The SMILES string of the molecule is CCCCOc1cc(-c2c(C(F)(F)F)n(C)c(=O)[nH]c2=O)c(F)cc1C#N. The molecule has 0 amide bonds. The van der Waals surface area contributed by atoms with Crippen molar-refractivity contribution in [3.63, 3.8) is 0 Å². The Morgan fingerprint density at radius 1 is 1.30 bits per heavy atom. The van der Waals surface area contributed by atoms with Crippen LogP contribution in [0.5, 0.6) is 5.75 Å². The highest BCUT2D eigenvalue weighted by molar-refractivity contribution is 5.70. The second-order valence-corrected chi connectivity index (χ2v) is 5.68. The van der Waals surface area contributed by atoms with Gasteiger partial charge in [0, 0.05) is 12.6 Å². The summed E-state index contributed by atoms with van der Waals surface area (Å²) in [6, 6.07) is 3.26. The van der Waals surface area contributed by atoms with E-state index in [-0.39, 0.29) is 22.5 Å². The second-order valence-electron chi connectivity index (χ2n) is 5.68. The summed E-state index contributed by atoms with van der Waals surface area (Å²) in [5, 5.41) is 9.09. The van der Waals surface area contributed by atoms with Crippen LogP contribution in [0.25, 0.3) is 11.1 Å². The molecule has 0 saturated carbocycles. The molecule has 0 unspecified atom stereocenters. The molecule has 0 bridgehead atoms. The van der Waals surface area contributed by atoms with Gasteiger partial charge in [-0.15, -0.1) is 0 Å². The molecule has 144 valence electrons. The van der Waals surface area contributed by atoms with Crippen LogP contribution in [-0.4, -0.2) is 16.2 Å². The molecule has 0 radical (unpaired) electrons. The van der Waals surface area contributed by atoms with Crippen LogP contribution in [0.4, 0.5) is 17.6 Å². The van der Waals surface area contributed by atoms with Crippen molar-refractivity contribution in [1.82, 2.24) is 9.55 Å². The maximum Gasteiger partial charge on any atom is 0.432 e. The van der Waals surface area contributed by atoms with Crippen molar-refractivity contribution < 1.29 is 22.3 Å². The molecule has 1 aromatic heterocycles. The Balaban J connectivity index is 2.81. The average Bonchev–Trinajstić information content (AvgIpc) is 2.58. The van der Waals surface area contributed by atoms with Crippen molar-refractivity contribution in [3.05, 3.63) is 50.0 Å². The fourth-order valence-electron chi connectivity index (χ4n) is 2.48. The summed E-state index contributed by atoms with van der Waals surface area (Å²) >= 11 is 0. The molecule has 0 saturated heterocycles. The van der Waals surface area contributed by atoms with E-state index < -0.39 is 40.1 Å². The van der Waals surface area contributed by atoms with Gasteiger partial charge in [-0.05, 0) is 18.6 Å². The van der Waals surface area contributed by atoms with E-state index in [4.69, 9.17) is 10.00 Å². The molecule has 0 fully saturated rings. The van der Waals surface area contributed by atoms with Crippen LogP contribution >= 0.6 is 0 Å². The number of hydrogen-bond acceptors (Lipinski definition) is 4. The predicted molar refractivity (Wildman–Crippen MR) is 87.8 cm³/mol. The van der Waals surface area contributed by atoms with Crippen LogP contribution in [0, 0.1) is 17.1 Å². The molecule has 27 heavy (non-hydrogen) atoms. The van der Waals surface area contributed by atoms with Crippen LogP contribution in [0.3, 0.4) is 0 Å². The number of aromatic nitrogens is 2. The van der Waals surface area contributed by atoms with E-state index in [1.54, 1.807) is 11.1 Å². The molecule has 0 aliphatic heterocycles. The Kier molecular flexibility index (Phi) is 5.73. The minimum atomic E-state index is -5.10. The molecule has 0 atom stereocenters. The number of nitriles is 1. The van der Waals surface area contributed by atoms with Gasteiger partial charge in [-0.3, -0.25) is 14.3 Å². The maximum absolute atomic E-state index is 14.5. The smallest absolute Gasteiger partial charge is 0.432 e. The summed E-state index contributed by atoms with van der Waals surface area (Å²) in [7, 11) is 0.810. The molecule has 1 heterocycles. The van der Waals surface area contributed by atoms with Crippen molar-refractivity contribution in [2.45, 2.75) is 25.9 Å². The van der Waals surface area contributed by atoms with E-state index in [1.165, 1.54) is 0 Å². The first-order chi connectivity index (χ1) is 12.6. The molecular weight excluding hydrogens is 370 g/mol. The predicted octanol–water partition coefficient (Wildman–Crippen LogP) is 2.95. The number of ether oxygens (including phenoxy) is 1. The van der Waals surface area contributed by atoms with E-state index in [0.29, 0.717) is 12.5 Å². The Labute approximate surface area is 150 Å². The highest BCUT2D eigenvalue weighted by Crippen LogP contribution is 2.37. The number of hydrogen-bond donors (Lipinski definition) is 1. The van der Waals surface area contributed by atoms with Gasteiger partial charge >= 0.3 is 11.9 Å². The fourth-order valence-corrected chi connectivity index (χ4v) is 2.48. The number of nitrogens with zero attached hydrogens (tertiary/aromatic N) is 2. The zero-order chi connectivity index (χ0) is 20.4. The van der Waals surface area contributed by atoms with Gasteiger partial charge in [-0.25, -0.2) is 9.18 Å². The second kappa shape index (κ2) is 7.65. The number of aromatic amines is 1. The van der Waals surface area contributed by atoms with E-state index >= 15 is 0 Å². The Morgan fingerprint density at radius 2 is 1.96 bits per heavy atom. The van der Waals surface area contributed by atoms with Gasteiger partial charge in [-0.2, -0.15) is 18.4 Å². The quantitative estimate of drug-likeness (QED) is 0.633. The number of rotatable bonds is 5. The lowest BCUT2D eigenvalue weighted by atomic mass is 10.0. The molecule has 6 nitrogen and oxygen atoms in total. The number of nitrogens with one attached hydrogen (secondary N) is 1. The Morgan fingerprint density at radius 3 is 2.52 bits per heavy atom. The molecule has 0 aliphatic rings. The summed E-state index contributed by atoms with van der Waals surface area (Å²) in [6.07, 6.45) is -3.73. The molecule has 2 rings (SSSR count). The molecule has 1 N–H and O–H groups in total. The molecule has 0 aliphatic carbocycles. The first-order valence-corrected chi connectivity index (χ1v) is 7.89. The van der Waals surface area contributed by atoms with Crippen LogP contribution in [0.2, 0.25) is 0 Å². The van der Waals surface area contributed by atoms with Crippen molar-refractivity contribution in [1.29, 1.82) is 5.26 Å². The van der Waals surface area contributed by atoms with Gasteiger partial charge in [-0.1, -0.05) is 13.3 Å².